The molecule has 1 saturated heterocycles. The van der Waals surface area contributed by atoms with E-state index in [2.05, 4.69) is 5.16 Å². The average Bonchev–Trinajstić information content (AvgIpc) is 2.76. The maximum atomic E-state index is 12.0. The standard InChI is InChI=1S/C15H13NO6/c1-7-8-4-5-11(17)9(12(8)22-16-7)6-10-13(18)20-15(2,3)21-14(10)19/h4-6,17H,1-3H3. The molecule has 1 aromatic carbocycles. The Morgan fingerprint density at radius 1 is 1.18 bits per heavy atom. The number of cyclic esters (lactones) is 2. The first kappa shape index (κ1) is 14.1. The predicted molar refractivity (Wildman–Crippen MR) is 74.7 cm³/mol. The number of rotatable bonds is 1. The lowest BCUT2D eigenvalue weighted by atomic mass is 10.1. The van der Waals surface area contributed by atoms with Gasteiger partial charge in [-0.2, -0.15) is 0 Å². The van der Waals surface area contributed by atoms with E-state index in [-0.39, 0.29) is 22.5 Å². The van der Waals surface area contributed by atoms with E-state index < -0.39 is 17.7 Å². The molecule has 0 spiro atoms. The Bertz CT molecular complexity index is 808. The first-order valence-corrected chi connectivity index (χ1v) is 6.55. The molecular weight excluding hydrogens is 290 g/mol. The van der Waals surface area contributed by atoms with Crippen LogP contribution in [0.1, 0.15) is 25.1 Å². The van der Waals surface area contributed by atoms with Gasteiger partial charge >= 0.3 is 11.9 Å². The average molecular weight is 303 g/mol. The predicted octanol–water partition coefficient (Wildman–Crippen LogP) is 2.06. The lowest BCUT2D eigenvalue weighted by Crippen LogP contribution is -2.41. The van der Waals surface area contributed by atoms with Crippen LogP contribution in [0, 0.1) is 6.92 Å². The summed E-state index contributed by atoms with van der Waals surface area (Å²) in [5.74, 6) is -3.12. The highest BCUT2D eigenvalue weighted by Gasteiger charge is 2.39. The summed E-state index contributed by atoms with van der Waals surface area (Å²) in [6.45, 7) is 4.65. The molecule has 2 heterocycles. The van der Waals surface area contributed by atoms with Crippen molar-refractivity contribution in [2.75, 3.05) is 0 Å². The van der Waals surface area contributed by atoms with Crippen LogP contribution in [0.4, 0.5) is 0 Å². The van der Waals surface area contributed by atoms with E-state index in [1.807, 2.05) is 0 Å². The highest BCUT2D eigenvalue weighted by Crippen LogP contribution is 2.32. The SMILES string of the molecule is Cc1noc2c(C=C3C(=O)OC(C)(C)OC3=O)c(O)ccc12. The van der Waals surface area contributed by atoms with E-state index in [9.17, 15) is 14.7 Å². The molecular formula is C15H13NO6. The van der Waals surface area contributed by atoms with E-state index >= 15 is 0 Å². The van der Waals surface area contributed by atoms with Gasteiger partial charge in [0.15, 0.2) is 5.58 Å². The van der Waals surface area contributed by atoms with E-state index in [4.69, 9.17) is 14.0 Å². The van der Waals surface area contributed by atoms with Gasteiger partial charge in [-0.25, -0.2) is 9.59 Å². The monoisotopic (exact) mass is 303 g/mol. The molecule has 114 valence electrons. The van der Waals surface area contributed by atoms with Gasteiger partial charge in [0.1, 0.15) is 11.3 Å². The van der Waals surface area contributed by atoms with Crippen molar-refractivity contribution in [1.82, 2.24) is 5.16 Å². The summed E-state index contributed by atoms with van der Waals surface area (Å²) in [6, 6.07) is 3.07. The fourth-order valence-electron chi connectivity index (χ4n) is 2.20. The second-order valence-electron chi connectivity index (χ2n) is 5.38. The van der Waals surface area contributed by atoms with Crippen molar-refractivity contribution in [2.45, 2.75) is 26.6 Å². The summed E-state index contributed by atoms with van der Waals surface area (Å²) in [4.78, 5) is 23.9. The van der Waals surface area contributed by atoms with Crippen molar-refractivity contribution in [3.8, 4) is 5.75 Å². The first-order chi connectivity index (χ1) is 10.3. The molecule has 0 unspecified atom stereocenters. The maximum Gasteiger partial charge on any atom is 0.348 e. The molecule has 0 bridgehead atoms. The zero-order valence-electron chi connectivity index (χ0n) is 12.2. The van der Waals surface area contributed by atoms with Crippen LogP contribution < -0.4 is 0 Å². The third kappa shape index (κ3) is 2.20. The van der Waals surface area contributed by atoms with Crippen molar-refractivity contribution in [3.63, 3.8) is 0 Å². The number of carbonyl (C=O) groups is 2. The minimum Gasteiger partial charge on any atom is -0.507 e. The number of phenols is 1. The minimum absolute atomic E-state index is 0.151. The Labute approximate surface area is 125 Å². The number of benzene rings is 1. The molecule has 1 aromatic heterocycles. The number of hydrogen-bond donors (Lipinski definition) is 1. The second kappa shape index (κ2) is 4.59. The number of aryl methyl sites for hydroxylation is 1. The van der Waals surface area contributed by atoms with Crippen molar-refractivity contribution in [1.29, 1.82) is 0 Å². The number of ether oxygens (including phenoxy) is 2. The summed E-state index contributed by atoms with van der Waals surface area (Å²) in [5.41, 5.74) is 0.748. The smallest absolute Gasteiger partial charge is 0.348 e. The van der Waals surface area contributed by atoms with E-state index in [1.54, 1.807) is 13.0 Å². The van der Waals surface area contributed by atoms with Gasteiger partial charge in [-0.1, -0.05) is 5.16 Å². The Balaban J connectivity index is 2.15. The van der Waals surface area contributed by atoms with Crippen LogP contribution >= 0.6 is 0 Å². The molecule has 22 heavy (non-hydrogen) atoms. The molecule has 7 nitrogen and oxygen atoms in total. The zero-order valence-corrected chi connectivity index (χ0v) is 12.2. The molecule has 0 aliphatic carbocycles. The molecule has 0 amide bonds. The van der Waals surface area contributed by atoms with Crippen molar-refractivity contribution >= 4 is 29.0 Å². The van der Waals surface area contributed by atoms with Crippen LogP contribution in [0.25, 0.3) is 17.0 Å². The third-order valence-electron chi connectivity index (χ3n) is 3.24. The third-order valence-corrected chi connectivity index (χ3v) is 3.24. The summed E-state index contributed by atoms with van der Waals surface area (Å²) in [5, 5.41) is 14.5. The van der Waals surface area contributed by atoms with Gasteiger partial charge in [-0.15, -0.1) is 0 Å². The molecule has 1 aliphatic heterocycles. The lowest BCUT2D eigenvalue weighted by molar-refractivity contribution is -0.222. The number of phenolic OH excluding ortho intramolecular Hbond substituents is 1. The molecule has 0 atom stereocenters. The van der Waals surface area contributed by atoms with Crippen molar-refractivity contribution < 1.29 is 28.7 Å². The van der Waals surface area contributed by atoms with Crippen LogP contribution in [0.2, 0.25) is 0 Å². The summed E-state index contributed by atoms with van der Waals surface area (Å²) >= 11 is 0. The summed E-state index contributed by atoms with van der Waals surface area (Å²) in [6.07, 6.45) is 1.18. The molecule has 1 aliphatic rings. The van der Waals surface area contributed by atoms with Crippen molar-refractivity contribution in [2.24, 2.45) is 0 Å². The van der Waals surface area contributed by atoms with Gasteiger partial charge in [-0.3, -0.25) is 0 Å². The van der Waals surface area contributed by atoms with Gasteiger partial charge in [0, 0.05) is 19.2 Å². The number of nitrogens with zero attached hydrogens (tertiary/aromatic N) is 1. The van der Waals surface area contributed by atoms with Crippen LogP contribution in [0.15, 0.2) is 22.2 Å². The Hall–Kier alpha value is -2.83. The largest absolute Gasteiger partial charge is 0.507 e. The minimum atomic E-state index is -1.32. The number of hydrogen-bond acceptors (Lipinski definition) is 7. The van der Waals surface area contributed by atoms with Crippen LogP contribution in [-0.4, -0.2) is 28.0 Å². The number of fused-ring (bicyclic) bond motifs is 1. The zero-order chi connectivity index (χ0) is 16.1. The highest BCUT2D eigenvalue weighted by molar-refractivity contribution is 6.19. The van der Waals surface area contributed by atoms with E-state index in [0.717, 1.165) is 0 Å². The molecule has 3 rings (SSSR count). The number of aromatic nitrogens is 1. The molecule has 0 saturated carbocycles. The Morgan fingerprint density at radius 2 is 1.82 bits per heavy atom. The molecule has 1 N–H and O–H groups in total. The summed E-state index contributed by atoms with van der Waals surface area (Å²) in [7, 11) is 0. The molecule has 7 heteroatoms. The number of aromatic hydroxyl groups is 1. The fourth-order valence-corrected chi connectivity index (χ4v) is 2.20. The fraction of sp³-hybridized carbons (Fsp3) is 0.267. The highest BCUT2D eigenvalue weighted by atomic mass is 16.7. The summed E-state index contributed by atoms with van der Waals surface area (Å²) < 4.78 is 15.2. The van der Waals surface area contributed by atoms with E-state index in [0.29, 0.717) is 11.1 Å². The van der Waals surface area contributed by atoms with E-state index in [1.165, 1.54) is 26.0 Å². The van der Waals surface area contributed by atoms with Crippen LogP contribution in [0.5, 0.6) is 5.75 Å². The number of carbonyl (C=O) groups excluding carboxylic acids is 2. The Kier molecular flexibility index (Phi) is 2.94. The van der Waals surface area contributed by atoms with Gasteiger partial charge in [-0.05, 0) is 25.1 Å². The normalized spacial score (nSPS) is 17.3. The first-order valence-electron chi connectivity index (χ1n) is 6.55. The van der Waals surface area contributed by atoms with Gasteiger partial charge < -0.3 is 19.1 Å². The maximum absolute atomic E-state index is 12.0. The van der Waals surface area contributed by atoms with Crippen molar-refractivity contribution in [3.05, 3.63) is 29.0 Å². The molecule has 0 radical (unpaired) electrons. The number of esters is 2. The van der Waals surface area contributed by atoms with Gasteiger partial charge in [0.2, 0.25) is 0 Å². The van der Waals surface area contributed by atoms with Gasteiger partial charge in [0.05, 0.1) is 11.3 Å². The van der Waals surface area contributed by atoms with Crippen LogP contribution in [0.3, 0.4) is 0 Å². The Morgan fingerprint density at radius 3 is 2.45 bits per heavy atom. The molecule has 2 aromatic rings. The topological polar surface area (TPSA) is 98.9 Å². The molecule has 1 fully saturated rings. The van der Waals surface area contributed by atoms with Gasteiger partial charge in [0.25, 0.3) is 5.79 Å². The lowest BCUT2D eigenvalue weighted by Gasteiger charge is -2.29. The quantitative estimate of drug-likeness (QED) is 0.489. The van der Waals surface area contributed by atoms with Crippen LogP contribution in [-0.2, 0) is 19.1 Å². The second-order valence-corrected chi connectivity index (χ2v) is 5.38.